The fraction of sp³-hybridized carbons (Fsp3) is 0.167. The third-order valence-electron chi connectivity index (χ3n) is 3.60. The average molecular weight is 404 g/mol. The maximum absolute atomic E-state index is 12.9. The molecular formula is C18H15BrFN3O2. The lowest BCUT2D eigenvalue weighted by Crippen LogP contribution is -2.13. The fourth-order valence-corrected chi connectivity index (χ4v) is 2.75. The quantitative estimate of drug-likeness (QED) is 0.679. The van der Waals surface area contributed by atoms with Crippen LogP contribution >= 0.6 is 15.9 Å². The lowest BCUT2D eigenvalue weighted by atomic mass is 10.2. The molecule has 0 fully saturated rings. The zero-order valence-electron chi connectivity index (χ0n) is 13.4. The van der Waals surface area contributed by atoms with E-state index in [1.807, 2.05) is 25.1 Å². The molecule has 1 amide bonds. The van der Waals surface area contributed by atoms with E-state index in [2.05, 4.69) is 31.4 Å². The van der Waals surface area contributed by atoms with Crippen LogP contribution in [0.5, 0.6) is 0 Å². The Morgan fingerprint density at radius 2 is 2.00 bits per heavy atom. The molecule has 5 nitrogen and oxygen atoms in total. The highest BCUT2D eigenvalue weighted by molar-refractivity contribution is 9.10. The van der Waals surface area contributed by atoms with E-state index < -0.39 is 0 Å². The van der Waals surface area contributed by atoms with Gasteiger partial charge in [-0.3, -0.25) is 4.79 Å². The number of hydrogen-bond acceptors (Lipinski definition) is 4. The minimum Gasteiger partial charge on any atom is -0.339 e. The van der Waals surface area contributed by atoms with E-state index in [0.717, 1.165) is 15.7 Å². The topological polar surface area (TPSA) is 68.0 Å². The summed E-state index contributed by atoms with van der Waals surface area (Å²) in [5.41, 5.74) is 2.40. The molecule has 0 aliphatic rings. The van der Waals surface area contributed by atoms with E-state index in [1.165, 1.54) is 12.1 Å². The van der Waals surface area contributed by atoms with Crippen molar-refractivity contribution in [3.8, 4) is 11.4 Å². The van der Waals surface area contributed by atoms with Crippen molar-refractivity contribution in [1.29, 1.82) is 0 Å². The van der Waals surface area contributed by atoms with Crippen LogP contribution in [0.1, 0.15) is 17.9 Å². The predicted molar refractivity (Wildman–Crippen MR) is 95.5 cm³/mol. The van der Waals surface area contributed by atoms with Gasteiger partial charge in [0.1, 0.15) is 5.82 Å². The van der Waals surface area contributed by atoms with E-state index in [4.69, 9.17) is 4.52 Å². The van der Waals surface area contributed by atoms with Gasteiger partial charge in [-0.2, -0.15) is 4.98 Å². The van der Waals surface area contributed by atoms with Crippen molar-refractivity contribution in [3.63, 3.8) is 0 Å². The van der Waals surface area contributed by atoms with Crippen LogP contribution in [0.25, 0.3) is 11.4 Å². The minimum atomic E-state index is -0.327. The molecule has 7 heteroatoms. The largest absolute Gasteiger partial charge is 0.339 e. The number of halogens is 2. The number of nitrogens with one attached hydrogen (secondary N) is 1. The standard InChI is InChI=1S/C18H15BrFN3O2/c1-11-10-13(19)4-7-15(11)21-16(24)8-9-17-22-18(23-25-17)12-2-5-14(20)6-3-12/h2-7,10H,8-9H2,1H3,(H,21,24). The number of benzene rings is 2. The summed E-state index contributed by atoms with van der Waals surface area (Å²) in [5, 5.41) is 6.72. The van der Waals surface area contributed by atoms with Gasteiger partial charge in [0.15, 0.2) is 0 Å². The lowest BCUT2D eigenvalue weighted by Gasteiger charge is -2.07. The Morgan fingerprint density at radius 3 is 2.72 bits per heavy atom. The molecule has 3 aromatic rings. The number of aryl methyl sites for hydroxylation is 2. The molecule has 0 bridgehead atoms. The summed E-state index contributed by atoms with van der Waals surface area (Å²) in [6.07, 6.45) is 0.552. The van der Waals surface area contributed by atoms with Crippen molar-refractivity contribution in [1.82, 2.24) is 10.1 Å². The molecule has 1 N–H and O–H groups in total. The maximum Gasteiger partial charge on any atom is 0.227 e. The molecular weight excluding hydrogens is 389 g/mol. The second-order valence-corrected chi connectivity index (χ2v) is 6.44. The normalized spacial score (nSPS) is 10.7. The lowest BCUT2D eigenvalue weighted by molar-refractivity contribution is -0.116. The zero-order valence-corrected chi connectivity index (χ0v) is 15.0. The van der Waals surface area contributed by atoms with Gasteiger partial charge in [0.05, 0.1) is 0 Å². The smallest absolute Gasteiger partial charge is 0.227 e. The maximum atomic E-state index is 12.9. The Hall–Kier alpha value is -2.54. The molecule has 3 rings (SSSR count). The predicted octanol–water partition coefficient (Wildman–Crippen LogP) is 4.52. The average Bonchev–Trinajstić information content (AvgIpc) is 3.05. The van der Waals surface area contributed by atoms with Gasteiger partial charge in [-0.25, -0.2) is 4.39 Å². The van der Waals surface area contributed by atoms with E-state index in [-0.39, 0.29) is 18.1 Å². The van der Waals surface area contributed by atoms with Crippen LogP contribution in [0.15, 0.2) is 51.5 Å². The molecule has 0 atom stereocenters. The van der Waals surface area contributed by atoms with E-state index in [9.17, 15) is 9.18 Å². The first-order valence-corrected chi connectivity index (χ1v) is 8.45. The Balaban J connectivity index is 1.58. The monoisotopic (exact) mass is 403 g/mol. The van der Waals surface area contributed by atoms with Crippen LogP contribution in [-0.4, -0.2) is 16.0 Å². The third-order valence-corrected chi connectivity index (χ3v) is 4.09. The highest BCUT2D eigenvalue weighted by atomic mass is 79.9. The van der Waals surface area contributed by atoms with Crippen LogP contribution in [-0.2, 0) is 11.2 Å². The van der Waals surface area contributed by atoms with Crippen molar-refractivity contribution in [2.75, 3.05) is 5.32 Å². The summed E-state index contributed by atoms with van der Waals surface area (Å²) < 4.78 is 19.0. The molecule has 0 saturated carbocycles. The minimum absolute atomic E-state index is 0.132. The molecule has 0 radical (unpaired) electrons. The Morgan fingerprint density at radius 1 is 1.24 bits per heavy atom. The van der Waals surface area contributed by atoms with Crippen molar-refractivity contribution >= 4 is 27.5 Å². The highest BCUT2D eigenvalue weighted by Gasteiger charge is 2.11. The number of amides is 1. The molecule has 0 aliphatic carbocycles. The van der Waals surface area contributed by atoms with E-state index >= 15 is 0 Å². The number of aromatic nitrogens is 2. The van der Waals surface area contributed by atoms with Crippen molar-refractivity contribution in [3.05, 3.63) is 64.2 Å². The van der Waals surface area contributed by atoms with Gasteiger partial charge in [-0.15, -0.1) is 0 Å². The molecule has 2 aromatic carbocycles. The van der Waals surface area contributed by atoms with Gasteiger partial charge in [-0.05, 0) is 55.0 Å². The third kappa shape index (κ3) is 4.51. The van der Waals surface area contributed by atoms with Crippen LogP contribution in [0.2, 0.25) is 0 Å². The summed E-state index contributed by atoms with van der Waals surface area (Å²) >= 11 is 3.39. The van der Waals surface area contributed by atoms with Crippen LogP contribution < -0.4 is 5.32 Å². The molecule has 1 aromatic heterocycles. The Labute approximate surface area is 152 Å². The zero-order chi connectivity index (χ0) is 17.8. The van der Waals surface area contributed by atoms with Gasteiger partial charge in [0.25, 0.3) is 0 Å². The Bertz CT molecular complexity index is 894. The van der Waals surface area contributed by atoms with Crippen molar-refractivity contribution < 1.29 is 13.7 Å². The SMILES string of the molecule is Cc1cc(Br)ccc1NC(=O)CCc1nc(-c2ccc(F)cc2)no1. The number of anilines is 1. The van der Waals surface area contributed by atoms with Crippen LogP contribution in [0.3, 0.4) is 0 Å². The van der Waals surface area contributed by atoms with Crippen LogP contribution in [0, 0.1) is 12.7 Å². The summed E-state index contributed by atoms with van der Waals surface area (Å²) in [5.74, 6) is 0.278. The van der Waals surface area contributed by atoms with Gasteiger partial charge < -0.3 is 9.84 Å². The van der Waals surface area contributed by atoms with Gasteiger partial charge >= 0.3 is 0 Å². The van der Waals surface area contributed by atoms with E-state index in [0.29, 0.717) is 23.7 Å². The second-order valence-electron chi connectivity index (χ2n) is 5.53. The number of carbonyl (C=O) groups excluding carboxylic acids is 1. The number of hydrogen-bond donors (Lipinski definition) is 1. The van der Waals surface area contributed by atoms with Gasteiger partial charge in [0, 0.05) is 28.6 Å². The van der Waals surface area contributed by atoms with Crippen molar-refractivity contribution in [2.45, 2.75) is 19.8 Å². The van der Waals surface area contributed by atoms with E-state index in [1.54, 1.807) is 12.1 Å². The van der Waals surface area contributed by atoms with Crippen molar-refractivity contribution in [2.24, 2.45) is 0 Å². The van der Waals surface area contributed by atoms with Gasteiger partial charge in [0.2, 0.25) is 17.6 Å². The molecule has 25 heavy (non-hydrogen) atoms. The molecule has 0 saturated heterocycles. The second kappa shape index (κ2) is 7.57. The summed E-state index contributed by atoms with van der Waals surface area (Å²) in [7, 11) is 0. The summed E-state index contributed by atoms with van der Waals surface area (Å²) in [6.45, 7) is 1.92. The molecule has 0 aliphatic heterocycles. The fourth-order valence-electron chi connectivity index (χ4n) is 2.27. The number of rotatable bonds is 5. The van der Waals surface area contributed by atoms with Gasteiger partial charge in [-0.1, -0.05) is 21.1 Å². The number of carbonyl (C=O) groups is 1. The Kier molecular flexibility index (Phi) is 5.23. The highest BCUT2D eigenvalue weighted by Crippen LogP contribution is 2.20. The first-order valence-electron chi connectivity index (χ1n) is 7.66. The first kappa shape index (κ1) is 17.3. The molecule has 128 valence electrons. The molecule has 0 unspecified atom stereocenters. The summed E-state index contributed by atoms with van der Waals surface area (Å²) in [4.78, 5) is 16.3. The number of nitrogens with zero attached hydrogens (tertiary/aromatic N) is 2. The summed E-state index contributed by atoms with van der Waals surface area (Å²) in [6, 6.07) is 11.5. The molecule has 1 heterocycles. The molecule has 0 spiro atoms. The van der Waals surface area contributed by atoms with Crippen LogP contribution in [0.4, 0.5) is 10.1 Å². The first-order chi connectivity index (χ1) is 12.0.